The maximum Gasteiger partial charge on any atom is 0.131 e. The van der Waals surface area contributed by atoms with Gasteiger partial charge in [0.05, 0.1) is 0 Å². The van der Waals surface area contributed by atoms with Gasteiger partial charge in [0.15, 0.2) is 0 Å². The summed E-state index contributed by atoms with van der Waals surface area (Å²) >= 11 is 0. The Bertz CT molecular complexity index is 548. The van der Waals surface area contributed by atoms with E-state index in [2.05, 4.69) is 55.7 Å². The zero-order chi connectivity index (χ0) is 13.9. The van der Waals surface area contributed by atoms with Crippen molar-refractivity contribution in [3.05, 3.63) is 59.7 Å². The van der Waals surface area contributed by atoms with Crippen molar-refractivity contribution in [2.45, 2.75) is 31.7 Å². The van der Waals surface area contributed by atoms with Gasteiger partial charge in [0.1, 0.15) is 11.5 Å². The van der Waals surface area contributed by atoms with Crippen LogP contribution in [0.4, 0.5) is 0 Å². The van der Waals surface area contributed by atoms with Crippen LogP contribution >= 0.6 is 0 Å². The Balaban J connectivity index is 2.11. The largest absolute Gasteiger partial charge is 0.457 e. The number of hydrogen-bond acceptors (Lipinski definition) is 2. The highest BCUT2D eigenvalue weighted by atomic mass is 16.5. The maximum absolute atomic E-state index is 6.05. The summed E-state index contributed by atoms with van der Waals surface area (Å²) in [6, 6.07) is 17.2. The average Bonchev–Trinajstić information content (AvgIpc) is 2.50. The zero-order valence-corrected chi connectivity index (χ0v) is 12.1. The SMILES string of the molecule is CCCC(NC)C1c2ccccc2Oc2ccccc21. The van der Waals surface area contributed by atoms with Crippen LogP contribution in [0.5, 0.6) is 11.5 Å². The molecule has 0 bridgehead atoms. The first-order valence-electron chi connectivity index (χ1n) is 7.38. The first kappa shape index (κ1) is 13.2. The summed E-state index contributed by atoms with van der Waals surface area (Å²) < 4.78 is 6.05. The van der Waals surface area contributed by atoms with E-state index in [0.717, 1.165) is 17.9 Å². The fourth-order valence-corrected chi connectivity index (χ4v) is 3.17. The molecule has 1 unspecified atom stereocenters. The van der Waals surface area contributed by atoms with Crippen LogP contribution in [0.1, 0.15) is 36.8 Å². The van der Waals surface area contributed by atoms with Gasteiger partial charge < -0.3 is 10.1 Å². The third kappa shape index (κ3) is 2.20. The Kier molecular flexibility index (Phi) is 3.75. The van der Waals surface area contributed by atoms with Gasteiger partial charge in [0.2, 0.25) is 0 Å². The van der Waals surface area contributed by atoms with E-state index in [1.807, 2.05) is 12.1 Å². The topological polar surface area (TPSA) is 21.3 Å². The molecular formula is C18H21NO. The molecule has 0 saturated heterocycles. The molecule has 0 saturated carbocycles. The Morgan fingerprint density at radius 1 is 1.00 bits per heavy atom. The van der Waals surface area contributed by atoms with E-state index in [0.29, 0.717) is 12.0 Å². The van der Waals surface area contributed by atoms with E-state index < -0.39 is 0 Å². The monoisotopic (exact) mass is 267 g/mol. The average molecular weight is 267 g/mol. The number of para-hydroxylation sites is 2. The Morgan fingerprint density at radius 2 is 1.55 bits per heavy atom. The van der Waals surface area contributed by atoms with E-state index >= 15 is 0 Å². The van der Waals surface area contributed by atoms with Crippen LogP contribution in [0.15, 0.2) is 48.5 Å². The molecule has 1 N–H and O–H groups in total. The molecule has 2 aromatic carbocycles. The van der Waals surface area contributed by atoms with Crippen LogP contribution in [0.25, 0.3) is 0 Å². The molecule has 0 aliphatic carbocycles. The minimum atomic E-state index is 0.362. The number of likely N-dealkylation sites (N-methyl/N-ethyl adjacent to an activating group) is 1. The van der Waals surface area contributed by atoms with Crippen molar-refractivity contribution in [2.75, 3.05) is 7.05 Å². The van der Waals surface area contributed by atoms with Gasteiger partial charge in [0.25, 0.3) is 0 Å². The first-order chi connectivity index (χ1) is 9.85. The minimum Gasteiger partial charge on any atom is -0.457 e. The minimum absolute atomic E-state index is 0.362. The Hall–Kier alpha value is -1.80. The summed E-state index contributed by atoms with van der Waals surface area (Å²) in [5, 5.41) is 3.50. The molecular weight excluding hydrogens is 246 g/mol. The number of benzene rings is 2. The van der Waals surface area contributed by atoms with Gasteiger partial charge in [-0.15, -0.1) is 0 Å². The van der Waals surface area contributed by atoms with Gasteiger partial charge in [-0.25, -0.2) is 0 Å². The lowest BCUT2D eigenvalue weighted by atomic mass is 9.81. The molecule has 2 heteroatoms. The van der Waals surface area contributed by atoms with Crippen LogP contribution in [0.3, 0.4) is 0 Å². The number of ether oxygens (including phenoxy) is 1. The summed E-state index contributed by atoms with van der Waals surface area (Å²) in [5.41, 5.74) is 2.58. The molecule has 0 amide bonds. The number of fused-ring (bicyclic) bond motifs is 2. The van der Waals surface area contributed by atoms with Crippen molar-refractivity contribution in [3.8, 4) is 11.5 Å². The molecule has 0 radical (unpaired) electrons. The summed E-state index contributed by atoms with van der Waals surface area (Å²) in [6.07, 6.45) is 2.33. The van der Waals surface area contributed by atoms with Crippen molar-refractivity contribution in [1.82, 2.24) is 5.32 Å². The van der Waals surface area contributed by atoms with Crippen LogP contribution in [0, 0.1) is 0 Å². The van der Waals surface area contributed by atoms with Gasteiger partial charge >= 0.3 is 0 Å². The van der Waals surface area contributed by atoms with Gasteiger partial charge in [0, 0.05) is 23.1 Å². The van der Waals surface area contributed by atoms with E-state index in [4.69, 9.17) is 4.74 Å². The molecule has 2 nitrogen and oxygen atoms in total. The molecule has 3 rings (SSSR count). The molecule has 20 heavy (non-hydrogen) atoms. The predicted molar refractivity (Wildman–Crippen MR) is 82.6 cm³/mol. The van der Waals surface area contributed by atoms with Crippen LogP contribution < -0.4 is 10.1 Å². The third-order valence-electron chi connectivity index (χ3n) is 4.10. The lowest BCUT2D eigenvalue weighted by Crippen LogP contribution is -2.34. The molecule has 1 aliphatic heterocycles. The predicted octanol–water partition coefficient (Wildman–Crippen LogP) is 4.31. The lowest BCUT2D eigenvalue weighted by molar-refractivity contribution is 0.400. The van der Waals surface area contributed by atoms with Gasteiger partial charge in [-0.2, -0.15) is 0 Å². The van der Waals surface area contributed by atoms with Crippen molar-refractivity contribution in [2.24, 2.45) is 0 Å². The molecule has 0 aromatic heterocycles. The second kappa shape index (κ2) is 5.68. The zero-order valence-electron chi connectivity index (χ0n) is 12.1. The molecule has 1 heterocycles. The fraction of sp³-hybridized carbons (Fsp3) is 0.333. The van der Waals surface area contributed by atoms with Gasteiger partial charge in [-0.3, -0.25) is 0 Å². The standard InChI is InChI=1S/C18H21NO/c1-3-8-15(19-2)18-13-9-4-6-11-16(13)20-17-12-7-5-10-14(17)18/h4-7,9-12,15,18-19H,3,8H2,1-2H3. The van der Waals surface area contributed by atoms with E-state index in [9.17, 15) is 0 Å². The van der Waals surface area contributed by atoms with Crippen LogP contribution in [0.2, 0.25) is 0 Å². The highest BCUT2D eigenvalue weighted by molar-refractivity contribution is 5.54. The summed E-state index contributed by atoms with van der Waals surface area (Å²) in [7, 11) is 2.06. The highest BCUT2D eigenvalue weighted by Gasteiger charge is 2.31. The van der Waals surface area contributed by atoms with Crippen molar-refractivity contribution in [3.63, 3.8) is 0 Å². The van der Waals surface area contributed by atoms with Crippen molar-refractivity contribution < 1.29 is 4.74 Å². The van der Waals surface area contributed by atoms with Crippen LogP contribution in [-0.4, -0.2) is 13.1 Å². The fourth-order valence-electron chi connectivity index (χ4n) is 3.17. The molecule has 1 atom stereocenters. The van der Waals surface area contributed by atoms with Gasteiger partial charge in [-0.05, 0) is 25.6 Å². The first-order valence-corrected chi connectivity index (χ1v) is 7.38. The maximum atomic E-state index is 6.05. The van der Waals surface area contributed by atoms with E-state index in [1.165, 1.54) is 17.5 Å². The number of rotatable bonds is 4. The smallest absolute Gasteiger partial charge is 0.131 e. The highest BCUT2D eigenvalue weighted by Crippen LogP contribution is 2.45. The van der Waals surface area contributed by atoms with Crippen LogP contribution in [-0.2, 0) is 0 Å². The number of nitrogens with one attached hydrogen (secondary N) is 1. The lowest BCUT2D eigenvalue weighted by Gasteiger charge is -2.33. The second-order valence-corrected chi connectivity index (χ2v) is 5.34. The van der Waals surface area contributed by atoms with E-state index in [-0.39, 0.29) is 0 Å². The molecule has 1 aliphatic rings. The quantitative estimate of drug-likeness (QED) is 0.891. The van der Waals surface area contributed by atoms with Crippen molar-refractivity contribution >= 4 is 0 Å². The molecule has 0 fully saturated rings. The van der Waals surface area contributed by atoms with Gasteiger partial charge in [-0.1, -0.05) is 49.7 Å². The van der Waals surface area contributed by atoms with E-state index in [1.54, 1.807) is 0 Å². The molecule has 104 valence electrons. The van der Waals surface area contributed by atoms with Crippen molar-refractivity contribution in [1.29, 1.82) is 0 Å². The third-order valence-corrected chi connectivity index (χ3v) is 4.10. The summed E-state index contributed by atoms with van der Waals surface area (Å²) in [5.74, 6) is 2.35. The Morgan fingerprint density at radius 3 is 2.05 bits per heavy atom. The summed E-state index contributed by atoms with van der Waals surface area (Å²) in [4.78, 5) is 0. The summed E-state index contributed by atoms with van der Waals surface area (Å²) in [6.45, 7) is 2.24. The Labute approximate surface area is 120 Å². The number of hydrogen-bond donors (Lipinski definition) is 1. The molecule has 2 aromatic rings. The normalized spacial score (nSPS) is 15.1. The second-order valence-electron chi connectivity index (χ2n) is 5.34. The molecule has 0 spiro atoms.